The molecule has 0 fully saturated rings. The van der Waals surface area contributed by atoms with Gasteiger partial charge in [-0.25, -0.2) is 4.99 Å². The van der Waals surface area contributed by atoms with Crippen molar-refractivity contribution in [1.29, 1.82) is 0 Å². The van der Waals surface area contributed by atoms with Gasteiger partial charge in [-0.1, -0.05) is 49.7 Å². The first-order valence-electron chi connectivity index (χ1n) is 9.62. The van der Waals surface area contributed by atoms with Gasteiger partial charge in [-0.3, -0.25) is 14.5 Å². The summed E-state index contributed by atoms with van der Waals surface area (Å²) in [5.74, 6) is -1.13. The number of amidine groups is 1. The Labute approximate surface area is 190 Å². The lowest BCUT2D eigenvalue weighted by Gasteiger charge is -2.36. The van der Waals surface area contributed by atoms with Crippen LogP contribution in [0.1, 0.15) is 45.2 Å². The third-order valence-electron chi connectivity index (χ3n) is 5.25. The monoisotopic (exact) mass is 462 g/mol. The Kier molecular flexibility index (Phi) is 6.21. The first kappa shape index (κ1) is 22.9. The summed E-state index contributed by atoms with van der Waals surface area (Å²) in [7, 11) is 0. The molecule has 1 aromatic carbocycles. The maximum absolute atomic E-state index is 13.4. The minimum atomic E-state index is -0.938. The molecule has 1 aliphatic heterocycles. The van der Waals surface area contributed by atoms with E-state index in [0.717, 1.165) is 0 Å². The van der Waals surface area contributed by atoms with E-state index in [0.29, 0.717) is 28.3 Å². The van der Waals surface area contributed by atoms with Crippen LogP contribution < -0.4 is 11.1 Å². The molecule has 1 unspecified atom stereocenters. The third-order valence-corrected chi connectivity index (χ3v) is 5.81. The number of hydrogen-bond donors (Lipinski definition) is 3. The van der Waals surface area contributed by atoms with Crippen LogP contribution in [0.2, 0.25) is 10.0 Å². The number of aliphatic imine (C=N–C) groups is 1. The Bertz CT molecular complexity index is 1070. The number of Topliss-reactive ketones (excluding diaryl/α,β-unsaturated/α-hetero) is 1. The number of halogens is 2. The molecule has 4 N–H and O–H groups in total. The molecule has 7 nitrogen and oxygen atoms in total. The lowest BCUT2D eigenvalue weighted by Crippen LogP contribution is -2.39. The molecule has 0 saturated carbocycles. The van der Waals surface area contributed by atoms with Crippen LogP contribution in [-0.2, 0) is 9.59 Å². The van der Waals surface area contributed by atoms with Crippen LogP contribution in [0, 0.1) is 5.41 Å². The topological polar surface area (TPSA) is 108 Å². The standard InChI is InChI=1S/C22H24Cl2N4O3/c1-5-26-21-19(20(25)31)28(11(2)29)18(13-7-6-12(23)8-14(13)24)17-15(27-21)9-22(3,4)10-16(17)30/h5-8,18,31H,1,9-10,25H2,2-4H3,(H,26,27)/b20-19-. The van der Waals surface area contributed by atoms with Gasteiger partial charge in [0.15, 0.2) is 11.6 Å². The fourth-order valence-electron chi connectivity index (χ4n) is 4.12. The third kappa shape index (κ3) is 4.34. The van der Waals surface area contributed by atoms with E-state index in [1.54, 1.807) is 12.1 Å². The number of hydrogen-bond acceptors (Lipinski definition) is 5. The molecule has 1 amide bonds. The second-order valence-electron chi connectivity index (χ2n) is 8.31. The quantitative estimate of drug-likeness (QED) is 0.565. The number of amides is 1. The predicted octanol–water partition coefficient (Wildman–Crippen LogP) is 4.36. The number of aliphatic hydroxyl groups excluding tert-OH is 1. The molecular formula is C22H24Cl2N4O3. The summed E-state index contributed by atoms with van der Waals surface area (Å²) < 4.78 is 0. The number of allylic oxidation sites excluding steroid dienone is 1. The minimum Gasteiger partial charge on any atom is -0.493 e. The van der Waals surface area contributed by atoms with Crippen molar-refractivity contribution >= 4 is 40.7 Å². The summed E-state index contributed by atoms with van der Waals surface area (Å²) >= 11 is 12.6. The normalized spacial score (nSPS) is 23.8. The lowest BCUT2D eigenvalue weighted by molar-refractivity contribution is -0.128. The van der Waals surface area contributed by atoms with E-state index in [9.17, 15) is 14.7 Å². The highest BCUT2D eigenvalue weighted by Crippen LogP contribution is 2.46. The second kappa shape index (κ2) is 8.40. The molecule has 1 atom stereocenters. The fourth-order valence-corrected chi connectivity index (χ4v) is 4.64. The van der Waals surface area contributed by atoms with E-state index in [1.165, 1.54) is 24.1 Å². The largest absolute Gasteiger partial charge is 0.493 e. The molecule has 3 rings (SSSR count). The number of aliphatic hydroxyl groups is 1. The molecule has 164 valence electrons. The van der Waals surface area contributed by atoms with Gasteiger partial charge in [-0.05, 0) is 29.5 Å². The summed E-state index contributed by atoms with van der Waals surface area (Å²) in [6.07, 6.45) is 2.05. The number of nitrogens with one attached hydrogen (secondary N) is 1. The number of rotatable bonds is 2. The molecular weight excluding hydrogens is 439 g/mol. The SMILES string of the molecule is C=C/N=C1/NC2=C(C(=O)CC(C)(C)C2)C(c2ccc(Cl)cc2Cl)N(C(C)=O)/C1=C(/N)O. The highest BCUT2D eigenvalue weighted by molar-refractivity contribution is 6.35. The summed E-state index contributed by atoms with van der Waals surface area (Å²) in [5, 5.41) is 14.2. The summed E-state index contributed by atoms with van der Waals surface area (Å²) in [4.78, 5) is 31.7. The number of nitrogens with two attached hydrogens (primary N) is 1. The van der Waals surface area contributed by atoms with Crippen molar-refractivity contribution in [1.82, 2.24) is 10.2 Å². The van der Waals surface area contributed by atoms with Crippen molar-refractivity contribution in [2.75, 3.05) is 0 Å². The van der Waals surface area contributed by atoms with E-state index in [1.807, 2.05) is 13.8 Å². The maximum Gasteiger partial charge on any atom is 0.224 e. The van der Waals surface area contributed by atoms with E-state index >= 15 is 0 Å². The Morgan fingerprint density at radius 3 is 2.61 bits per heavy atom. The molecule has 1 aromatic rings. The van der Waals surface area contributed by atoms with Crippen molar-refractivity contribution in [3.05, 3.63) is 69.4 Å². The molecule has 31 heavy (non-hydrogen) atoms. The minimum absolute atomic E-state index is 0.0663. The lowest BCUT2D eigenvalue weighted by atomic mass is 9.73. The average Bonchev–Trinajstić information content (AvgIpc) is 2.75. The van der Waals surface area contributed by atoms with Crippen LogP contribution in [-0.4, -0.2) is 27.5 Å². The first-order chi connectivity index (χ1) is 14.5. The Hall–Kier alpha value is -2.77. The Balaban J connectivity index is 2.42. The average molecular weight is 463 g/mol. The van der Waals surface area contributed by atoms with Crippen molar-refractivity contribution < 1.29 is 14.7 Å². The molecule has 0 bridgehead atoms. The molecule has 0 aromatic heterocycles. The van der Waals surface area contributed by atoms with Crippen LogP contribution in [0.4, 0.5) is 0 Å². The van der Waals surface area contributed by atoms with Crippen LogP contribution in [0.25, 0.3) is 0 Å². The molecule has 0 spiro atoms. The Morgan fingerprint density at radius 1 is 1.39 bits per heavy atom. The first-order valence-corrected chi connectivity index (χ1v) is 10.4. The molecule has 9 heteroatoms. The fraction of sp³-hybridized carbons (Fsp3) is 0.318. The van der Waals surface area contributed by atoms with Crippen molar-refractivity contribution in [3.8, 4) is 0 Å². The molecule has 1 heterocycles. The van der Waals surface area contributed by atoms with Gasteiger partial charge < -0.3 is 16.2 Å². The molecule has 0 radical (unpaired) electrons. The number of benzene rings is 1. The van der Waals surface area contributed by atoms with Gasteiger partial charge in [0, 0.05) is 40.9 Å². The molecule has 2 aliphatic rings. The van der Waals surface area contributed by atoms with Gasteiger partial charge in [0.1, 0.15) is 5.70 Å². The van der Waals surface area contributed by atoms with Crippen LogP contribution in [0.5, 0.6) is 0 Å². The van der Waals surface area contributed by atoms with E-state index in [-0.39, 0.29) is 34.2 Å². The van der Waals surface area contributed by atoms with Crippen molar-refractivity contribution in [3.63, 3.8) is 0 Å². The van der Waals surface area contributed by atoms with E-state index in [4.69, 9.17) is 28.9 Å². The zero-order valence-corrected chi connectivity index (χ0v) is 19.0. The van der Waals surface area contributed by atoms with Crippen molar-refractivity contribution in [2.45, 2.75) is 39.7 Å². The van der Waals surface area contributed by atoms with E-state index in [2.05, 4.69) is 16.9 Å². The summed E-state index contributed by atoms with van der Waals surface area (Å²) in [6, 6.07) is 3.88. The highest BCUT2D eigenvalue weighted by atomic mass is 35.5. The number of nitrogens with zero attached hydrogens (tertiary/aromatic N) is 2. The van der Waals surface area contributed by atoms with Crippen LogP contribution in [0.3, 0.4) is 0 Å². The van der Waals surface area contributed by atoms with Gasteiger partial charge in [-0.15, -0.1) is 0 Å². The van der Waals surface area contributed by atoms with Gasteiger partial charge in [0.25, 0.3) is 0 Å². The maximum atomic E-state index is 13.4. The Morgan fingerprint density at radius 2 is 2.06 bits per heavy atom. The number of ketones is 1. The smallest absolute Gasteiger partial charge is 0.224 e. The van der Waals surface area contributed by atoms with E-state index < -0.39 is 17.8 Å². The van der Waals surface area contributed by atoms with Crippen molar-refractivity contribution in [2.24, 2.45) is 16.1 Å². The molecule has 0 saturated heterocycles. The van der Waals surface area contributed by atoms with Gasteiger partial charge in [0.2, 0.25) is 11.8 Å². The molecule has 1 aliphatic carbocycles. The van der Waals surface area contributed by atoms with Gasteiger partial charge in [-0.2, -0.15) is 0 Å². The zero-order chi connectivity index (χ0) is 23.1. The summed E-state index contributed by atoms with van der Waals surface area (Å²) in [6.45, 7) is 8.88. The second-order valence-corrected chi connectivity index (χ2v) is 9.15. The zero-order valence-electron chi connectivity index (χ0n) is 17.5. The van der Waals surface area contributed by atoms with Crippen LogP contribution in [0.15, 0.2) is 58.8 Å². The van der Waals surface area contributed by atoms with Gasteiger partial charge >= 0.3 is 0 Å². The summed E-state index contributed by atoms with van der Waals surface area (Å²) in [5.41, 5.74) is 6.83. The van der Waals surface area contributed by atoms with Gasteiger partial charge in [0.05, 0.1) is 6.04 Å². The highest BCUT2D eigenvalue weighted by Gasteiger charge is 2.45. The number of carbonyl (C=O) groups excluding carboxylic acids is 2. The van der Waals surface area contributed by atoms with Crippen LogP contribution >= 0.6 is 23.2 Å². The predicted molar refractivity (Wildman–Crippen MR) is 121 cm³/mol. The number of carbonyl (C=O) groups is 2.